The minimum Gasteiger partial charge on any atom is -0.378 e. The quantitative estimate of drug-likeness (QED) is 0.847. The molecule has 2 aromatic rings. The molecule has 1 fully saturated rings. The molecule has 1 aliphatic carbocycles. The van der Waals surface area contributed by atoms with Crippen LogP contribution in [-0.4, -0.2) is 29.1 Å². The van der Waals surface area contributed by atoms with Crippen molar-refractivity contribution in [3.05, 3.63) is 23.2 Å². The highest BCUT2D eigenvalue weighted by Crippen LogP contribution is 2.50. The molecule has 0 spiro atoms. The number of amides is 1. The molecule has 1 amide bonds. The lowest BCUT2D eigenvalue weighted by Gasteiger charge is -2.57. The van der Waals surface area contributed by atoms with Crippen molar-refractivity contribution in [2.24, 2.45) is 11.1 Å². The number of ether oxygens (including phenoxy) is 1. The number of benzene rings is 1. The fourth-order valence-corrected chi connectivity index (χ4v) is 4.34. The summed E-state index contributed by atoms with van der Waals surface area (Å²) >= 11 is 1.67. The number of hydrogen-bond donors (Lipinski definition) is 2. The van der Waals surface area contributed by atoms with Crippen molar-refractivity contribution in [3.8, 4) is 0 Å². The smallest absolute Gasteiger partial charge is 0.245 e. The molecule has 136 valence electrons. The number of nitrogens with zero attached hydrogens (tertiary/aromatic N) is 1. The summed E-state index contributed by atoms with van der Waals surface area (Å²) in [7, 11) is 0. The first kappa shape index (κ1) is 18.3. The molecule has 2 atom stereocenters. The predicted octanol–water partition coefficient (Wildman–Crippen LogP) is 3.89. The third-order valence-electron chi connectivity index (χ3n) is 5.39. The van der Waals surface area contributed by atoms with Crippen molar-refractivity contribution in [2.75, 3.05) is 11.9 Å². The average Bonchev–Trinajstić information content (AvgIpc) is 2.98. The Balaban J connectivity index is 1.78. The first-order valence-corrected chi connectivity index (χ1v) is 9.63. The van der Waals surface area contributed by atoms with Gasteiger partial charge >= 0.3 is 0 Å². The summed E-state index contributed by atoms with van der Waals surface area (Å²) in [6, 6.07) is 5.82. The van der Waals surface area contributed by atoms with E-state index >= 15 is 0 Å². The molecule has 1 aromatic heterocycles. The van der Waals surface area contributed by atoms with Gasteiger partial charge in [0.2, 0.25) is 5.91 Å². The van der Waals surface area contributed by atoms with Gasteiger partial charge in [-0.15, -0.1) is 11.3 Å². The number of thiazole rings is 1. The van der Waals surface area contributed by atoms with Gasteiger partial charge in [0.05, 0.1) is 21.3 Å². The van der Waals surface area contributed by atoms with Crippen LogP contribution in [0.25, 0.3) is 10.2 Å². The maximum Gasteiger partial charge on any atom is 0.245 e. The second kappa shape index (κ2) is 6.34. The molecular formula is C19H27N3O2S. The van der Waals surface area contributed by atoms with E-state index in [9.17, 15) is 4.79 Å². The summed E-state index contributed by atoms with van der Waals surface area (Å²) in [6.45, 7) is 10.8. The van der Waals surface area contributed by atoms with E-state index in [1.54, 1.807) is 11.3 Å². The van der Waals surface area contributed by atoms with E-state index < -0.39 is 11.0 Å². The van der Waals surface area contributed by atoms with Crippen molar-refractivity contribution < 1.29 is 9.53 Å². The van der Waals surface area contributed by atoms with Gasteiger partial charge in [0.15, 0.2) is 0 Å². The van der Waals surface area contributed by atoms with Crippen LogP contribution in [0.1, 0.15) is 52.0 Å². The zero-order valence-electron chi connectivity index (χ0n) is 15.6. The average molecular weight is 362 g/mol. The van der Waals surface area contributed by atoms with Gasteiger partial charge < -0.3 is 15.8 Å². The van der Waals surface area contributed by atoms with Gasteiger partial charge in [-0.3, -0.25) is 4.79 Å². The molecule has 0 aliphatic heterocycles. The number of rotatable bonds is 5. The predicted molar refractivity (Wildman–Crippen MR) is 103 cm³/mol. The molecule has 1 aliphatic rings. The summed E-state index contributed by atoms with van der Waals surface area (Å²) in [5.41, 5.74) is 6.86. The van der Waals surface area contributed by atoms with Gasteiger partial charge in [-0.2, -0.15) is 0 Å². The molecule has 3 N–H and O–H groups in total. The van der Waals surface area contributed by atoms with E-state index in [2.05, 4.69) is 24.1 Å². The molecular weight excluding hydrogens is 334 g/mol. The molecule has 1 heterocycles. The Kier molecular flexibility index (Phi) is 4.64. The van der Waals surface area contributed by atoms with Crippen molar-refractivity contribution in [2.45, 2.75) is 58.6 Å². The number of aromatic nitrogens is 1. The van der Waals surface area contributed by atoms with Gasteiger partial charge in [0.25, 0.3) is 0 Å². The highest BCUT2D eigenvalue weighted by Gasteiger charge is 2.62. The molecule has 0 saturated heterocycles. The zero-order chi connectivity index (χ0) is 18.4. The van der Waals surface area contributed by atoms with E-state index in [-0.39, 0.29) is 12.0 Å². The van der Waals surface area contributed by atoms with E-state index in [0.717, 1.165) is 20.9 Å². The molecule has 2 unspecified atom stereocenters. The van der Waals surface area contributed by atoms with Gasteiger partial charge in [-0.05, 0) is 25.1 Å². The van der Waals surface area contributed by atoms with E-state index in [1.165, 1.54) is 0 Å². The molecule has 0 bridgehead atoms. The second-order valence-corrected chi connectivity index (χ2v) is 8.75. The maximum atomic E-state index is 12.8. The first-order chi connectivity index (χ1) is 11.7. The van der Waals surface area contributed by atoms with Gasteiger partial charge in [-0.1, -0.05) is 27.7 Å². The van der Waals surface area contributed by atoms with Crippen LogP contribution in [0, 0.1) is 5.41 Å². The Morgan fingerprint density at radius 3 is 2.80 bits per heavy atom. The fraction of sp³-hybridized carbons (Fsp3) is 0.579. The molecule has 1 saturated carbocycles. The lowest BCUT2D eigenvalue weighted by atomic mass is 9.54. The Morgan fingerprint density at radius 1 is 1.48 bits per heavy atom. The number of nitrogens with one attached hydrogen (secondary N) is 1. The number of carbonyl (C=O) groups is 1. The molecule has 3 rings (SSSR count). The summed E-state index contributed by atoms with van der Waals surface area (Å²) in [5.74, 6) is 0.246. The van der Waals surface area contributed by atoms with Crippen LogP contribution in [0.4, 0.5) is 5.69 Å². The van der Waals surface area contributed by atoms with E-state index in [0.29, 0.717) is 18.9 Å². The SMILES string of the molecule is CCOC1CC(N)(C(=O)Nc2ccc3nc(C(C)C)sc3c2)C1(C)C. The maximum absolute atomic E-state index is 12.8. The van der Waals surface area contributed by atoms with Crippen LogP contribution in [0.3, 0.4) is 0 Å². The third kappa shape index (κ3) is 2.96. The zero-order valence-corrected chi connectivity index (χ0v) is 16.4. The normalized spacial score (nSPS) is 25.2. The van der Waals surface area contributed by atoms with Gasteiger partial charge in [0.1, 0.15) is 5.54 Å². The molecule has 6 heteroatoms. The Labute approximate surface area is 153 Å². The number of anilines is 1. The summed E-state index contributed by atoms with van der Waals surface area (Å²) in [6.07, 6.45) is 0.561. The van der Waals surface area contributed by atoms with E-state index in [1.807, 2.05) is 39.0 Å². The van der Waals surface area contributed by atoms with Crippen LogP contribution in [-0.2, 0) is 9.53 Å². The highest BCUT2D eigenvalue weighted by molar-refractivity contribution is 7.18. The Morgan fingerprint density at radius 2 is 2.20 bits per heavy atom. The van der Waals surface area contributed by atoms with Crippen LogP contribution in [0.2, 0.25) is 0 Å². The minimum atomic E-state index is -0.918. The Hall–Kier alpha value is -1.50. The minimum absolute atomic E-state index is 0.0193. The lowest BCUT2D eigenvalue weighted by molar-refractivity contribution is -0.166. The van der Waals surface area contributed by atoms with Crippen molar-refractivity contribution in [3.63, 3.8) is 0 Å². The van der Waals surface area contributed by atoms with Crippen LogP contribution in [0.15, 0.2) is 18.2 Å². The topological polar surface area (TPSA) is 77.2 Å². The monoisotopic (exact) mass is 361 g/mol. The third-order valence-corrected chi connectivity index (χ3v) is 6.71. The standard InChI is InChI=1S/C19H27N3O2S/c1-6-24-15-10-19(20,18(15,4)5)17(23)21-12-7-8-13-14(9-12)25-16(22-13)11(2)3/h7-9,11,15H,6,10,20H2,1-5H3,(H,21,23). The molecule has 5 nitrogen and oxygen atoms in total. The van der Waals surface area contributed by atoms with Crippen molar-refractivity contribution >= 4 is 33.1 Å². The summed E-state index contributed by atoms with van der Waals surface area (Å²) in [4.78, 5) is 17.5. The van der Waals surface area contributed by atoms with Crippen molar-refractivity contribution in [1.82, 2.24) is 4.98 Å². The summed E-state index contributed by atoms with van der Waals surface area (Å²) in [5, 5.41) is 4.10. The van der Waals surface area contributed by atoms with Crippen LogP contribution in [0.5, 0.6) is 0 Å². The highest BCUT2D eigenvalue weighted by atomic mass is 32.1. The molecule has 0 radical (unpaired) electrons. The number of nitrogens with two attached hydrogens (primary N) is 1. The number of fused-ring (bicyclic) bond motifs is 1. The van der Waals surface area contributed by atoms with E-state index in [4.69, 9.17) is 10.5 Å². The fourth-order valence-electron chi connectivity index (χ4n) is 3.33. The molecule has 25 heavy (non-hydrogen) atoms. The Bertz CT molecular complexity index is 799. The van der Waals surface area contributed by atoms with Crippen LogP contribution < -0.4 is 11.1 Å². The van der Waals surface area contributed by atoms with Crippen molar-refractivity contribution in [1.29, 1.82) is 0 Å². The van der Waals surface area contributed by atoms with Crippen LogP contribution >= 0.6 is 11.3 Å². The lowest BCUT2D eigenvalue weighted by Crippen LogP contribution is -2.74. The largest absolute Gasteiger partial charge is 0.378 e. The summed E-state index contributed by atoms with van der Waals surface area (Å²) < 4.78 is 6.78. The number of hydrogen-bond acceptors (Lipinski definition) is 5. The van der Waals surface area contributed by atoms with Gasteiger partial charge in [0, 0.05) is 30.0 Å². The second-order valence-electron chi connectivity index (χ2n) is 7.68. The van der Waals surface area contributed by atoms with Gasteiger partial charge in [-0.25, -0.2) is 4.98 Å². The number of carbonyl (C=O) groups excluding carboxylic acids is 1. The molecule has 1 aromatic carbocycles. The first-order valence-electron chi connectivity index (χ1n) is 8.81.